The van der Waals surface area contributed by atoms with Gasteiger partial charge in [-0.3, -0.25) is 4.99 Å². The fourth-order valence-corrected chi connectivity index (χ4v) is 2.08. The SMILES string of the molecule is CN=C(NCCCn1ccnc1)NCCOc1ccc(C)cc1.I. The largest absolute Gasteiger partial charge is 0.492 e. The molecule has 7 heteroatoms. The minimum absolute atomic E-state index is 0. The Hall–Kier alpha value is -1.77. The number of nitrogens with zero attached hydrogens (tertiary/aromatic N) is 3. The minimum atomic E-state index is 0. The zero-order chi connectivity index (χ0) is 16.3. The van der Waals surface area contributed by atoms with Gasteiger partial charge in [-0.2, -0.15) is 0 Å². The topological polar surface area (TPSA) is 63.5 Å². The van der Waals surface area contributed by atoms with Gasteiger partial charge in [0.25, 0.3) is 0 Å². The maximum atomic E-state index is 5.67. The Morgan fingerprint density at radius 2 is 1.96 bits per heavy atom. The van der Waals surface area contributed by atoms with Crippen molar-refractivity contribution in [1.29, 1.82) is 0 Å². The van der Waals surface area contributed by atoms with Crippen LogP contribution in [0.3, 0.4) is 0 Å². The number of ether oxygens (including phenoxy) is 1. The maximum Gasteiger partial charge on any atom is 0.191 e. The summed E-state index contributed by atoms with van der Waals surface area (Å²) in [5.74, 6) is 1.68. The Morgan fingerprint density at radius 1 is 1.21 bits per heavy atom. The van der Waals surface area contributed by atoms with E-state index >= 15 is 0 Å². The number of aryl methyl sites for hydroxylation is 2. The van der Waals surface area contributed by atoms with E-state index in [1.165, 1.54) is 5.56 Å². The van der Waals surface area contributed by atoms with Crippen LogP contribution in [0.5, 0.6) is 5.75 Å². The van der Waals surface area contributed by atoms with E-state index in [0.717, 1.165) is 31.2 Å². The molecular formula is C17H26IN5O. The Balaban J connectivity index is 0.00000288. The molecular weight excluding hydrogens is 417 g/mol. The predicted molar refractivity (Wildman–Crippen MR) is 108 cm³/mol. The van der Waals surface area contributed by atoms with Gasteiger partial charge in [0, 0.05) is 32.5 Å². The number of guanidine groups is 1. The summed E-state index contributed by atoms with van der Waals surface area (Å²) in [6.45, 7) is 5.17. The number of aromatic nitrogens is 2. The Kier molecular flexibility index (Phi) is 9.90. The molecule has 1 aromatic heterocycles. The number of imidazole rings is 1. The highest BCUT2D eigenvalue weighted by atomic mass is 127. The van der Waals surface area contributed by atoms with Gasteiger partial charge in [-0.1, -0.05) is 17.7 Å². The number of nitrogens with one attached hydrogen (secondary N) is 2. The molecule has 0 spiro atoms. The zero-order valence-electron chi connectivity index (χ0n) is 14.2. The molecule has 0 aliphatic carbocycles. The fourth-order valence-electron chi connectivity index (χ4n) is 2.08. The summed E-state index contributed by atoms with van der Waals surface area (Å²) < 4.78 is 7.74. The van der Waals surface area contributed by atoms with E-state index < -0.39 is 0 Å². The maximum absolute atomic E-state index is 5.67. The normalized spacial score (nSPS) is 10.8. The molecule has 0 aliphatic heterocycles. The van der Waals surface area contributed by atoms with Gasteiger partial charge in [0.05, 0.1) is 12.9 Å². The standard InChI is InChI=1S/C17H25N5O.HI/c1-15-4-6-16(7-5-15)23-13-10-21-17(18-2)20-8-3-11-22-12-9-19-14-22;/h4-7,9,12,14H,3,8,10-11,13H2,1-2H3,(H2,18,20,21);1H. The molecule has 2 N–H and O–H groups in total. The van der Waals surface area contributed by atoms with Crippen molar-refractivity contribution in [2.75, 3.05) is 26.7 Å². The van der Waals surface area contributed by atoms with E-state index in [4.69, 9.17) is 4.74 Å². The van der Waals surface area contributed by atoms with Crippen LogP contribution in [0.15, 0.2) is 48.0 Å². The first-order valence-electron chi connectivity index (χ1n) is 7.87. The molecule has 2 aromatic rings. The first kappa shape index (κ1) is 20.3. The Labute approximate surface area is 160 Å². The van der Waals surface area contributed by atoms with Gasteiger partial charge in [-0.05, 0) is 25.5 Å². The number of benzene rings is 1. The third-order valence-electron chi connectivity index (χ3n) is 3.35. The molecule has 0 radical (unpaired) electrons. The van der Waals surface area contributed by atoms with Crippen molar-refractivity contribution >= 4 is 29.9 Å². The zero-order valence-corrected chi connectivity index (χ0v) is 16.6. The average molecular weight is 443 g/mol. The molecule has 0 bridgehead atoms. The number of hydrogen-bond donors (Lipinski definition) is 2. The first-order chi connectivity index (χ1) is 11.3. The third kappa shape index (κ3) is 7.67. The highest BCUT2D eigenvalue weighted by Crippen LogP contribution is 2.10. The van der Waals surface area contributed by atoms with E-state index in [9.17, 15) is 0 Å². The molecule has 6 nitrogen and oxygen atoms in total. The summed E-state index contributed by atoms with van der Waals surface area (Å²) >= 11 is 0. The van der Waals surface area contributed by atoms with Gasteiger partial charge >= 0.3 is 0 Å². The summed E-state index contributed by atoms with van der Waals surface area (Å²) in [7, 11) is 1.77. The average Bonchev–Trinajstić information content (AvgIpc) is 3.08. The summed E-state index contributed by atoms with van der Waals surface area (Å²) in [6, 6.07) is 8.06. The lowest BCUT2D eigenvalue weighted by atomic mass is 10.2. The summed E-state index contributed by atoms with van der Waals surface area (Å²) in [6.07, 6.45) is 6.60. The molecule has 1 aromatic carbocycles. The molecule has 1 heterocycles. The number of hydrogen-bond acceptors (Lipinski definition) is 3. The number of aliphatic imine (C=N–C) groups is 1. The highest BCUT2D eigenvalue weighted by Gasteiger charge is 1.98. The van der Waals surface area contributed by atoms with Crippen molar-refractivity contribution in [3.8, 4) is 5.75 Å². The molecule has 0 fully saturated rings. The van der Waals surface area contributed by atoms with Crippen LogP contribution in [0, 0.1) is 6.92 Å². The first-order valence-corrected chi connectivity index (χ1v) is 7.87. The van der Waals surface area contributed by atoms with Gasteiger partial charge in [0.15, 0.2) is 5.96 Å². The van der Waals surface area contributed by atoms with Crippen LogP contribution in [-0.4, -0.2) is 42.3 Å². The molecule has 0 saturated carbocycles. The van der Waals surface area contributed by atoms with Gasteiger partial charge in [-0.15, -0.1) is 24.0 Å². The third-order valence-corrected chi connectivity index (χ3v) is 3.35. The van der Waals surface area contributed by atoms with Crippen molar-refractivity contribution in [1.82, 2.24) is 20.2 Å². The van der Waals surface area contributed by atoms with Gasteiger partial charge in [0.2, 0.25) is 0 Å². The van der Waals surface area contributed by atoms with E-state index in [2.05, 4.69) is 32.1 Å². The van der Waals surface area contributed by atoms with Crippen LogP contribution in [0.2, 0.25) is 0 Å². The molecule has 132 valence electrons. The summed E-state index contributed by atoms with van der Waals surface area (Å²) in [5, 5.41) is 6.53. The van der Waals surface area contributed by atoms with E-state index in [-0.39, 0.29) is 24.0 Å². The molecule has 0 atom stereocenters. The van der Waals surface area contributed by atoms with Gasteiger partial charge in [0.1, 0.15) is 12.4 Å². The van der Waals surface area contributed by atoms with E-state index in [1.807, 2.05) is 36.8 Å². The van der Waals surface area contributed by atoms with Crippen LogP contribution >= 0.6 is 24.0 Å². The van der Waals surface area contributed by atoms with Crippen molar-refractivity contribution in [3.05, 3.63) is 48.5 Å². The second-order valence-corrected chi connectivity index (χ2v) is 5.24. The number of halogens is 1. The summed E-state index contributed by atoms with van der Waals surface area (Å²) in [4.78, 5) is 8.22. The van der Waals surface area contributed by atoms with Crippen molar-refractivity contribution in [2.45, 2.75) is 19.9 Å². The van der Waals surface area contributed by atoms with Crippen molar-refractivity contribution < 1.29 is 4.74 Å². The quantitative estimate of drug-likeness (QED) is 0.285. The van der Waals surface area contributed by atoms with Crippen molar-refractivity contribution in [3.63, 3.8) is 0 Å². The summed E-state index contributed by atoms with van der Waals surface area (Å²) in [5.41, 5.74) is 1.23. The van der Waals surface area contributed by atoms with Crippen LogP contribution < -0.4 is 15.4 Å². The lowest BCUT2D eigenvalue weighted by Crippen LogP contribution is -2.39. The highest BCUT2D eigenvalue weighted by molar-refractivity contribution is 14.0. The van der Waals surface area contributed by atoms with Crippen LogP contribution in [0.25, 0.3) is 0 Å². The minimum Gasteiger partial charge on any atom is -0.492 e. The molecule has 0 saturated heterocycles. The van der Waals surface area contributed by atoms with Crippen LogP contribution in [0.1, 0.15) is 12.0 Å². The Morgan fingerprint density at radius 3 is 2.62 bits per heavy atom. The van der Waals surface area contributed by atoms with Crippen molar-refractivity contribution in [2.24, 2.45) is 4.99 Å². The monoisotopic (exact) mass is 443 g/mol. The molecule has 0 aliphatic rings. The predicted octanol–water partition coefficient (Wildman–Crippen LogP) is 2.44. The molecule has 0 unspecified atom stereocenters. The molecule has 0 amide bonds. The second-order valence-electron chi connectivity index (χ2n) is 5.24. The fraction of sp³-hybridized carbons (Fsp3) is 0.412. The van der Waals surface area contributed by atoms with E-state index in [1.54, 1.807) is 13.2 Å². The van der Waals surface area contributed by atoms with Crippen LogP contribution in [0.4, 0.5) is 0 Å². The number of rotatable bonds is 8. The van der Waals surface area contributed by atoms with Crippen LogP contribution in [-0.2, 0) is 6.54 Å². The lowest BCUT2D eigenvalue weighted by molar-refractivity contribution is 0.322. The molecule has 2 rings (SSSR count). The Bertz CT molecular complexity index is 584. The second kappa shape index (κ2) is 11.7. The van der Waals surface area contributed by atoms with E-state index in [0.29, 0.717) is 13.2 Å². The lowest BCUT2D eigenvalue weighted by Gasteiger charge is -2.12. The van der Waals surface area contributed by atoms with Gasteiger partial charge < -0.3 is 19.9 Å². The van der Waals surface area contributed by atoms with Gasteiger partial charge in [-0.25, -0.2) is 4.98 Å². The smallest absolute Gasteiger partial charge is 0.191 e. The molecule has 24 heavy (non-hydrogen) atoms.